The van der Waals surface area contributed by atoms with Gasteiger partial charge in [-0.05, 0) is 34.4 Å². The zero-order valence-electron chi connectivity index (χ0n) is 17.6. The summed E-state index contributed by atoms with van der Waals surface area (Å²) < 4.78 is 10.9. The summed E-state index contributed by atoms with van der Waals surface area (Å²) in [7, 11) is 2.79. The molecule has 1 amide bonds. The number of aliphatic carboxylic acids is 1. The summed E-state index contributed by atoms with van der Waals surface area (Å²) in [5, 5.41) is 10.1. The van der Waals surface area contributed by atoms with Gasteiger partial charge < -0.3 is 14.6 Å². The zero-order valence-corrected chi connectivity index (χ0v) is 18.4. The van der Waals surface area contributed by atoms with Crippen LogP contribution in [0.5, 0.6) is 5.75 Å². The average Bonchev–Trinajstić information content (AvgIpc) is 3.12. The molecule has 0 aromatic heterocycles. The number of halogens is 1. The lowest BCUT2D eigenvalue weighted by atomic mass is 9.98. The Labute approximate surface area is 191 Å². The molecule has 0 fully saturated rings. The van der Waals surface area contributed by atoms with Crippen LogP contribution in [0.25, 0.3) is 11.1 Å². The molecule has 7 heteroatoms. The van der Waals surface area contributed by atoms with Crippen LogP contribution in [-0.2, 0) is 9.53 Å². The first-order valence-electron chi connectivity index (χ1n) is 10.1. The highest BCUT2D eigenvalue weighted by Crippen LogP contribution is 2.44. The van der Waals surface area contributed by atoms with E-state index in [1.807, 2.05) is 48.5 Å². The van der Waals surface area contributed by atoms with Crippen LogP contribution < -0.4 is 4.74 Å². The lowest BCUT2D eigenvalue weighted by Gasteiger charge is -2.27. The Hall–Kier alpha value is -3.51. The third kappa shape index (κ3) is 3.78. The van der Waals surface area contributed by atoms with Crippen molar-refractivity contribution in [1.29, 1.82) is 0 Å². The van der Waals surface area contributed by atoms with Crippen molar-refractivity contribution in [3.8, 4) is 16.9 Å². The first-order valence-corrected chi connectivity index (χ1v) is 10.4. The second kappa shape index (κ2) is 8.93. The molecule has 4 rings (SSSR count). The first kappa shape index (κ1) is 21.7. The van der Waals surface area contributed by atoms with Crippen molar-refractivity contribution >= 4 is 23.7 Å². The molecule has 0 aliphatic heterocycles. The lowest BCUT2D eigenvalue weighted by molar-refractivity contribution is -0.142. The molecule has 6 nitrogen and oxygen atoms in total. The van der Waals surface area contributed by atoms with Gasteiger partial charge in [-0.3, -0.25) is 4.90 Å². The summed E-state index contributed by atoms with van der Waals surface area (Å²) >= 11 is 6.27. The van der Waals surface area contributed by atoms with Gasteiger partial charge in [0.05, 0.1) is 12.1 Å². The van der Waals surface area contributed by atoms with Crippen LogP contribution in [0.4, 0.5) is 4.79 Å². The Morgan fingerprint density at radius 3 is 2.16 bits per heavy atom. The number of benzene rings is 3. The summed E-state index contributed by atoms with van der Waals surface area (Å²) in [4.78, 5) is 26.0. The van der Waals surface area contributed by atoms with Gasteiger partial charge in [-0.15, -0.1) is 0 Å². The SMILES string of the molecule is COc1cccc(Cl)c1C(C(=O)O)N(C)C(=O)OCC1c2ccccc2-c2ccccc21. The molecule has 1 aliphatic carbocycles. The van der Waals surface area contributed by atoms with Crippen molar-refractivity contribution in [3.05, 3.63) is 88.4 Å². The highest BCUT2D eigenvalue weighted by molar-refractivity contribution is 6.31. The second-order valence-corrected chi connectivity index (χ2v) is 7.92. The number of ether oxygens (including phenoxy) is 2. The monoisotopic (exact) mass is 451 g/mol. The van der Waals surface area contributed by atoms with Crippen LogP contribution in [0, 0.1) is 0 Å². The standard InChI is InChI=1S/C25H22ClNO5/c1-27(23(24(28)29)22-20(26)12-7-13-21(22)31-2)25(30)32-14-19-17-10-5-3-8-15(17)16-9-4-6-11-18(16)19/h3-13,19,23H,14H2,1-2H3,(H,28,29). The molecule has 0 radical (unpaired) electrons. The van der Waals surface area contributed by atoms with Crippen molar-refractivity contribution in [2.45, 2.75) is 12.0 Å². The Balaban J connectivity index is 1.57. The van der Waals surface area contributed by atoms with E-state index in [0.29, 0.717) is 0 Å². The van der Waals surface area contributed by atoms with Gasteiger partial charge in [0.15, 0.2) is 6.04 Å². The minimum Gasteiger partial charge on any atom is -0.496 e. The number of rotatable bonds is 6. The average molecular weight is 452 g/mol. The van der Waals surface area contributed by atoms with Crippen LogP contribution >= 0.6 is 11.6 Å². The molecule has 0 saturated heterocycles. The fraction of sp³-hybridized carbons (Fsp3) is 0.200. The van der Waals surface area contributed by atoms with Gasteiger partial charge in [-0.1, -0.05) is 66.2 Å². The minimum absolute atomic E-state index is 0.0865. The number of likely N-dealkylation sites (N-methyl/N-ethyl adjacent to an activating group) is 1. The number of amides is 1. The maximum Gasteiger partial charge on any atom is 0.410 e. The molecule has 1 atom stereocenters. The Morgan fingerprint density at radius 1 is 1.00 bits per heavy atom. The summed E-state index contributed by atoms with van der Waals surface area (Å²) in [6.45, 7) is 0.0865. The highest BCUT2D eigenvalue weighted by atomic mass is 35.5. The first-order chi connectivity index (χ1) is 15.4. The van der Waals surface area contributed by atoms with E-state index in [4.69, 9.17) is 21.1 Å². The van der Waals surface area contributed by atoms with Gasteiger partial charge in [0.2, 0.25) is 0 Å². The number of carbonyl (C=O) groups is 2. The number of hydrogen-bond donors (Lipinski definition) is 1. The Kier molecular flexibility index (Phi) is 6.06. The van der Waals surface area contributed by atoms with E-state index in [-0.39, 0.29) is 28.9 Å². The van der Waals surface area contributed by atoms with E-state index in [1.165, 1.54) is 14.2 Å². The molecule has 0 saturated carbocycles. The van der Waals surface area contributed by atoms with E-state index >= 15 is 0 Å². The molecular weight excluding hydrogens is 430 g/mol. The van der Waals surface area contributed by atoms with Crippen LogP contribution in [0.1, 0.15) is 28.7 Å². The lowest BCUT2D eigenvalue weighted by Crippen LogP contribution is -2.37. The molecule has 0 spiro atoms. The number of carboxylic acids is 1. The molecule has 0 bridgehead atoms. The topological polar surface area (TPSA) is 76.1 Å². The molecule has 3 aromatic carbocycles. The maximum atomic E-state index is 12.9. The molecule has 0 heterocycles. The highest BCUT2D eigenvalue weighted by Gasteiger charge is 2.35. The van der Waals surface area contributed by atoms with Crippen LogP contribution in [0.3, 0.4) is 0 Å². The number of methoxy groups -OCH3 is 1. The second-order valence-electron chi connectivity index (χ2n) is 7.51. The van der Waals surface area contributed by atoms with Gasteiger partial charge in [-0.2, -0.15) is 0 Å². The molecule has 3 aromatic rings. The predicted octanol–water partition coefficient (Wildman–Crippen LogP) is 5.36. The van der Waals surface area contributed by atoms with E-state index in [0.717, 1.165) is 27.2 Å². The molecule has 164 valence electrons. The van der Waals surface area contributed by atoms with Crippen LogP contribution in [0.15, 0.2) is 66.7 Å². The number of hydrogen-bond acceptors (Lipinski definition) is 4. The van der Waals surface area contributed by atoms with E-state index in [9.17, 15) is 14.7 Å². The summed E-state index contributed by atoms with van der Waals surface area (Å²) in [6.07, 6.45) is -0.763. The molecular formula is C25H22ClNO5. The van der Waals surface area contributed by atoms with Gasteiger partial charge in [-0.25, -0.2) is 9.59 Å². The number of fused-ring (bicyclic) bond motifs is 3. The fourth-order valence-electron chi connectivity index (χ4n) is 4.24. The third-order valence-electron chi connectivity index (χ3n) is 5.75. The fourth-order valence-corrected chi connectivity index (χ4v) is 4.51. The van der Waals surface area contributed by atoms with E-state index in [2.05, 4.69) is 0 Å². The van der Waals surface area contributed by atoms with Gasteiger partial charge in [0.1, 0.15) is 12.4 Å². The third-order valence-corrected chi connectivity index (χ3v) is 6.08. The molecule has 1 unspecified atom stereocenters. The number of carbonyl (C=O) groups excluding carboxylic acids is 1. The van der Waals surface area contributed by atoms with Crippen molar-refractivity contribution in [2.75, 3.05) is 20.8 Å². The zero-order chi connectivity index (χ0) is 22.8. The van der Waals surface area contributed by atoms with Crippen molar-refractivity contribution < 1.29 is 24.2 Å². The molecule has 32 heavy (non-hydrogen) atoms. The van der Waals surface area contributed by atoms with Gasteiger partial charge >= 0.3 is 12.1 Å². The van der Waals surface area contributed by atoms with Gasteiger partial charge in [0, 0.05) is 18.5 Å². The van der Waals surface area contributed by atoms with E-state index < -0.39 is 18.1 Å². The van der Waals surface area contributed by atoms with E-state index in [1.54, 1.807) is 18.2 Å². The van der Waals surface area contributed by atoms with Crippen molar-refractivity contribution in [2.24, 2.45) is 0 Å². The predicted molar refractivity (Wildman–Crippen MR) is 121 cm³/mol. The van der Waals surface area contributed by atoms with Crippen LogP contribution in [0.2, 0.25) is 5.02 Å². The normalized spacial score (nSPS) is 13.1. The molecule has 1 N–H and O–H groups in total. The largest absolute Gasteiger partial charge is 0.496 e. The Bertz CT molecular complexity index is 1130. The Morgan fingerprint density at radius 2 is 1.59 bits per heavy atom. The van der Waals surface area contributed by atoms with Crippen LogP contribution in [-0.4, -0.2) is 42.8 Å². The van der Waals surface area contributed by atoms with Crippen molar-refractivity contribution in [1.82, 2.24) is 4.90 Å². The number of carboxylic acid groups (broad SMARTS) is 1. The smallest absolute Gasteiger partial charge is 0.410 e. The minimum atomic E-state index is -1.37. The maximum absolute atomic E-state index is 12.9. The summed E-state index contributed by atoms with van der Waals surface area (Å²) in [5.41, 5.74) is 4.57. The summed E-state index contributed by atoms with van der Waals surface area (Å²) in [6, 6.07) is 19.4. The molecule has 1 aliphatic rings. The quantitative estimate of drug-likeness (QED) is 0.546. The number of nitrogens with zero attached hydrogens (tertiary/aromatic N) is 1. The van der Waals surface area contributed by atoms with Crippen molar-refractivity contribution in [3.63, 3.8) is 0 Å². The van der Waals surface area contributed by atoms with Gasteiger partial charge in [0.25, 0.3) is 0 Å². The summed E-state index contributed by atoms with van der Waals surface area (Å²) in [5.74, 6) is -1.09.